The number of carboxylic acids is 1. The van der Waals surface area contributed by atoms with E-state index in [9.17, 15) is 14.7 Å². The van der Waals surface area contributed by atoms with Gasteiger partial charge in [-0.05, 0) is 18.2 Å². The van der Waals surface area contributed by atoms with Crippen LogP contribution in [0.1, 0.15) is 11.6 Å². The van der Waals surface area contributed by atoms with Gasteiger partial charge in [-0.1, -0.05) is 17.7 Å². The van der Waals surface area contributed by atoms with Crippen LogP contribution >= 0.6 is 11.6 Å². The molecule has 0 saturated heterocycles. The molecule has 0 aliphatic carbocycles. The predicted octanol–water partition coefficient (Wildman–Crippen LogP) is 2.02. The second-order valence-corrected chi connectivity index (χ2v) is 4.76. The number of rotatable bonds is 4. The first-order chi connectivity index (χ1) is 9.95. The molecule has 21 heavy (non-hydrogen) atoms. The molecule has 2 aromatic rings. The Labute approximate surface area is 125 Å². The Bertz CT molecular complexity index is 671. The molecule has 1 unspecified atom stereocenters. The van der Waals surface area contributed by atoms with E-state index in [1.807, 2.05) is 0 Å². The molecule has 2 amide bonds. The van der Waals surface area contributed by atoms with Gasteiger partial charge >= 0.3 is 12.0 Å². The van der Waals surface area contributed by atoms with E-state index in [-0.39, 0.29) is 0 Å². The maximum Gasteiger partial charge on any atom is 0.331 e. The lowest BCUT2D eigenvalue weighted by atomic mass is 10.1. The largest absolute Gasteiger partial charge is 0.479 e. The smallest absolute Gasteiger partial charge is 0.331 e. The van der Waals surface area contributed by atoms with Crippen molar-refractivity contribution in [1.29, 1.82) is 0 Å². The summed E-state index contributed by atoms with van der Waals surface area (Å²) in [5.41, 5.74) is 0.849. The topological polar surface area (TPSA) is 96.2 Å². The standard InChI is InChI=1S/C13H13ClN4O3/c1-18-7-8(6-15-18)11(12(19)20)17-13(21)16-10-4-2-3-9(14)5-10/h2-7,11H,1H3,(H,19,20)(H2,16,17,21). The second kappa shape index (κ2) is 6.27. The van der Waals surface area contributed by atoms with Gasteiger partial charge in [0.05, 0.1) is 6.20 Å². The summed E-state index contributed by atoms with van der Waals surface area (Å²) >= 11 is 5.81. The molecule has 2 rings (SSSR count). The quantitative estimate of drug-likeness (QED) is 0.805. The van der Waals surface area contributed by atoms with Crippen LogP contribution in [0.4, 0.5) is 10.5 Å². The molecule has 8 heteroatoms. The van der Waals surface area contributed by atoms with Crippen LogP contribution < -0.4 is 10.6 Å². The highest BCUT2D eigenvalue weighted by molar-refractivity contribution is 6.30. The number of carboxylic acid groups (broad SMARTS) is 1. The highest BCUT2D eigenvalue weighted by Crippen LogP contribution is 2.16. The fraction of sp³-hybridized carbons (Fsp3) is 0.154. The van der Waals surface area contributed by atoms with E-state index in [1.165, 1.54) is 17.1 Å². The number of hydrogen-bond donors (Lipinski definition) is 3. The van der Waals surface area contributed by atoms with Crippen molar-refractivity contribution < 1.29 is 14.7 Å². The normalized spacial score (nSPS) is 11.7. The maximum atomic E-state index is 11.9. The van der Waals surface area contributed by atoms with Crippen LogP contribution in [0.5, 0.6) is 0 Å². The number of aromatic nitrogens is 2. The van der Waals surface area contributed by atoms with Gasteiger partial charge in [-0.25, -0.2) is 9.59 Å². The minimum atomic E-state index is -1.18. The van der Waals surface area contributed by atoms with Crippen LogP contribution in [0.2, 0.25) is 5.02 Å². The van der Waals surface area contributed by atoms with Crippen molar-refractivity contribution in [2.45, 2.75) is 6.04 Å². The number of nitrogens with zero attached hydrogens (tertiary/aromatic N) is 2. The van der Waals surface area contributed by atoms with Crippen molar-refractivity contribution in [3.05, 3.63) is 47.2 Å². The van der Waals surface area contributed by atoms with Gasteiger partial charge in [0.2, 0.25) is 0 Å². The average molecular weight is 309 g/mol. The predicted molar refractivity (Wildman–Crippen MR) is 77.2 cm³/mol. The molecule has 110 valence electrons. The Morgan fingerprint density at radius 1 is 1.43 bits per heavy atom. The number of carbonyl (C=O) groups is 2. The summed E-state index contributed by atoms with van der Waals surface area (Å²) in [4.78, 5) is 23.1. The number of amides is 2. The van der Waals surface area contributed by atoms with Crippen molar-refractivity contribution in [2.75, 3.05) is 5.32 Å². The number of carbonyl (C=O) groups excluding carboxylic acids is 1. The molecule has 0 aliphatic rings. The third-order valence-corrected chi connectivity index (χ3v) is 2.90. The average Bonchev–Trinajstić information content (AvgIpc) is 2.82. The number of nitrogens with one attached hydrogen (secondary N) is 2. The number of hydrogen-bond acceptors (Lipinski definition) is 3. The monoisotopic (exact) mass is 308 g/mol. The van der Waals surface area contributed by atoms with Crippen LogP contribution in [-0.4, -0.2) is 26.9 Å². The van der Waals surface area contributed by atoms with E-state index in [1.54, 1.807) is 31.3 Å². The van der Waals surface area contributed by atoms with Gasteiger partial charge in [-0.3, -0.25) is 4.68 Å². The van der Waals surface area contributed by atoms with Crippen molar-refractivity contribution in [2.24, 2.45) is 7.05 Å². The van der Waals surface area contributed by atoms with E-state index in [4.69, 9.17) is 11.6 Å². The lowest BCUT2D eigenvalue weighted by molar-refractivity contribution is -0.139. The van der Waals surface area contributed by atoms with Crippen LogP contribution in [0, 0.1) is 0 Å². The van der Waals surface area contributed by atoms with Gasteiger partial charge in [0.1, 0.15) is 0 Å². The number of urea groups is 1. The lowest BCUT2D eigenvalue weighted by Crippen LogP contribution is -2.36. The molecule has 0 radical (unpaired) electrons. The number of anilines is 1. The molecular weight excluding hydrogens is 296 g/mol. The number of benzene rings is 1. The minimum absolute atomic E-state index is 0.381. The molecular formula is C13H13ClN4O3. The van der Waals surface area contributed by atoms with E-state index in [0.717, 1.165) is 0 Å². The molecule has 3 N–H and O–H groups in total. The summed E-state index contributed by atoms with van der Waals surface area (Å²) in [6, 6.07) is 4.71. The summed E-state index contributed by atoms with van der Waals surface area (Å²) in [7, 11) is 1.66. The summed E-state index contributed by atoms with van der Waals surface area (Å²) in [5, 5.41) is 18.4. The van der Waals surface area contributed by atoms with Crippen molar-refractivity contribution in [3.63, 3.8) is 0 Å². The molecule has 7 nitrogen and oxygen atoms in total. The first-order valence-electron chi connectivity index (χ1n) is 6.00. The lowest BCUT2D eigenvalue weighted by Gasteiger charge is -2.13. The first-order valence-corrected chi connectivity index (χ1v) is 6.38. The summed E-state index contributed by atoms with van der Waals surface area (Å²) in [6.45, 7) is 0. The van der Waals surface area contributed by atoms with Crippen LogP contribution in [0.3, 0.4) is 0 Å². The molecule has 0 spiro atoms. The fourth-order valence-electron chi connectivity index (χ4n) is 1.74. The molecule has 0 aliphatic heterocycles. The molecule has 0 fully saturated rings. The van der Waals surface area contributed by atoms with Gasteiger partial charge in [0.25, 0.3) is 0 Å². The molecule has 1 heterocycles. The Morgan fingerprint density at radius 2 is 2.19 bits per heavy atom. The summed E-state index contributed by atoms with van der Waals surface area (Å²) in [6.07, 6.45) is 2.91. The zero-order valence-electron chi connectivity index (χ0n) is 11.1. The van der Waals surface area contributed by atoms with E-state index < -0.39 is 18.0 Å². The highest BCUT2D eigenvalue weighted by Gasteiger charge is 2.23. The van der Waals surface area contributed by atoms with Gasteiger partial charge < -0.3 is 15.7 Å². The van der Waals surface area contributed by atoms with Crippen molar-refractivity contribution >= 4 is 29.3 Å². The zero-order chi connectivity index (χ0) is 15.4. The number of aliphatic carboxylic acids is 1. The Kier molecular flexibility index (Phi) is 4.44. The summed E-state index contributed by atoms with van der Waals surface area (Å²) < 4.78 is 1.46. The third kappa shape index (κ3) is 3.96. The molecule has 1 aromatic heterocycles. The SMILES string of the molecule is Cn1cc(C(NC(=O)Nc2cccc(Cl)c2)C(=O)O)cn1. The zero-order valence-corrected chi connectivity index (χ0v) is 11.8. The van der Waals surface area contributed by atoms with Crippen LogP contribution in [0.15, 0.2) is 36.7 Å². The van der Waals surface area contributed by atoms with E-state index in [2.05, 4.69) is 15.7 Å². The highest BCUT2D eigenvalue weighted by atomic mass is 35.5. The van der Waals surface area contributed by atoms with Gasteiger partial charge in [-0.15, -0.1) is 0 Å². The maximum absolute atomic E-state index is 11.9. The minimum Gasteiger partial charge on any atom is -0.479 e. The molecule has 1 atom stereocenters. The van der Waals surface area contributed by atoms with Gasteiger partial charge in [0.15, 0.2) is 6.04 Å². The third-order valence-electron chi connectivity index (χ3n) is 2.66. The van der Waals surface area contributed by atoms with Crippen molar-refractivity contribution in [1.82, 2.24) is 15.1 Å². The van der Waals surface area contributed by atoms with Crippen molar-refractivity contribution in [3.8, 4) is 0 Å². The molecule has 1 aromatic carbocycles. The molecule has 0 saturated carbocycles. The molecule has 0 bridgehead atoms. The first kappa shape index (κ1) is 14.9. The van der Waals surface area contributed by atoms with Gasteiger partial charge in [-0.2, -0.15) is 5.10 Å². The Morgan fingerprint density at radius 3 is 2.76 bits per heavy atom. The summed E-state index contributed by atoms with van der Waals surface area (Å²) in [5.74, 6) is -1.18. The van der Waals surface area contributed by atoms with Crippen LogP contribution in [-0.2, 0) is 11.8 Å². The number of halogens is 1. The fourth-order valence-corrected chi connectivity index (χ4v) is 1.93. The van der Waals surface area contributed by atoms with Crippen LogP contribution in [0.25, 0.3) is 0 Å². The van der Waals surface area contributed by atoms with Gasteiger partial charge in [0, 0.05) is 29.5 Å². The van der Waals surface area contributed by atoms with E-state index >= 15 is 0 Å². The Hall–Kier alpha value is -2.54. The Balaban J connectivity index is 2.07. The number of aryl methyl sites for hydroxylation is 1. The van der Waals surface area contributed by atoms with E-state index in [0.29, 0.717) is 16.3 Å². The second-order valence-electron chi connectivity index (χ2n) is 4.33.